The van der Waals surface area contributed by atoms with Crippen LogP contribution >= 0.6 is 0 Å². The number of rotatable bonds is 12. The molecule has 1 amide bonds. The molecule has 2 aromatic carbocycles. The van der Waals surface area contributed by atoms with Gasteiger partial charge in [-0.05, 0) is 57.1 Å². The predicted molar refractivity (Wildman–Crippen MR) is 164 cm³/mol. The predicted octanol–water partition coefficient (Wildman–Crippen LogP) is 3.61. The summed E-state index contributed by atoms with van der Waals surface area (Å²) in [5.74, 6) is -2.37. The highest BCUT2D eigenvalue weighted by molar-refractivity contribution is 7.89. The number of likely N-dealkylation sites (tertiary alicyclic amines) is 1. The van der Waals surface area contributed by atoms with Crippen molar-refractivity contribution in [1.82, 2.24) is 19.0 Å². The Hall–Kier alpha value is -4.12. The second-order valence-corrected chi connectivity index (χ2v) is 13.2. The Morgan fingerprint density at radius 2 is 1.80 bits per heavy atom. The minimum Gasteiger partial charge on any atom is -0.492 e. The van der Waals surface area contributed by atoms with Crippen LogP contribution in [0.3, 0.4) is 0 Å². The third kappa shape index (κ3) is 7.46. The molecule has 1 saturated heterocycles. The van der Waals surface area contributed by atoms with E-state index in [0.29, 0.717) is 47.5 Å². The Morgan fingerprint density at radius 1 is 1.09 bits per heavy atom. The van der Waals surface area contributed by atoms with E-state index in [0.717, 1.165) is 23.9 Å². The summed E-state index contributed by atoms with van der Waals surface area (Å²) < 4.78 is 67.2. The lowest BCUT2D eigenvalue weighted by molar-refractivity contribution is 0.102. The van der Waals surface area contributed by atoms with E-state index < -0.39 is 45.1 Å². The number of halogens is 2. The number of nitrogens with zero attached hydrogens (tertiary/aromatic N) is 4. The molecule has 0 radical (unpaired) electrons. The average Bonchev–Trinajstić information content (AvgIpc) is 3.65. The van der Waals surface area contributed by atoms with Gasteiger partial charge in [0.15, 0.2) is 5.82 Å². The third-order valence-electron chi connectivity index (χ3n) is 7.84. The lowest BCUT2D eigenvalue weighted by Crippen LogP contribution is -2.37. The Labute approximate surface area is 265 Å². The topological polar surface area (TPSA) is 155 Å². The van der Waals surface area contributed by atoms with Crippen LogP contribution in [-0.4, -0.2) is 97.1 Å². The zero-order valence-electron chi connectivity index (χ0n) is 25.5. The van der Waals surface area contributed by atoms with Gasteiger partial charge in [0.05, 0.1) is 28.4 Å². The Kier molecular flexibility index (Phi) is 10.2. The number of hydrogen-bond acceptors (Lipinski definition) is 9. The van der Waals surface area contributed by atoms with Gasteiger partial charge in [0.25, 0.3) is 5.91 Å². The van der Waals surface area contributed by atoms with E-state index in [1.54, 1.807) is 25.3 Å². The molecule has 0 saturated carbocycles. The molecule has 0 spiro atoms. The minimum atomic E-state index is -4.38. The minimum absolute atomic E-state index is 0.0770. The van der Waals surface area contributed by atoms with E-state index in [1.807, 2.05) is 6.92 Å². The molecule has 0 aliphatic carbocycles. The average molecular weight is 663 g/mol. The van der Waals surface area contributed by atoms with Crippen molar-refractivity contribution in [3.63, 3.8) is 0 Å². The molecular weight excluding hydrogens is 626 g/mol. The molecule has 0 unspecified atom stereocenters. The maximum Gasteiger partial charge on any atom is 0.432 e. The maximum atomic E-state index is 13.9. The quantitative estimate of drug-likeness (QED) is 0.262. The van der Waals surface area contributed by atoms with E-state index in [-0.39, 0.29) is 41.6 Å². The van der Waals surface area contributed by atoms with Crippen LogP contribution in [0.2, 0.25) is 0 Å². The number of sulfonamides is 1. The number of amides is 1. The number of ether oxygens (including phenoxy) is 2. The fourth-order valence-corrected chi connectivity index (χ4v) is 7.10. The van der Waals surface area contributed by atoms with Crippen molar-refractivity contribution in [2.45, 2.75) is 43.7 Å². The highest BCUT2D eigenvalue weighted by Gasteiger charge is 2.35. The van der Waals surface area contributed by atoms with Gasteiger partial charge < -0.3 is 25.2 Å². The number of fused-ring (bicyclic) bond motifs is 1. The van der Waals surface area contributed by atoms with Gasteiger partial charge in [-0.25, -0.2) is 22.0 Å². The number of carbonyl (C=O) groups excluding carboxylic acids is 1. The van der Waals surface area contributed by atoms with E-state index in [1.165, 1.54) is 12.8 Å². The number of carbonyl (C=O) groups is 2. The fourth-order valence-electron chi connectivity index (χ4n) is 5.65. The zero-order chi connectivity index (χ0) is 33.0. The number of hydrogen-bond donors (Lipinski definition) is 3. The van der Waals surface area contributed by atoms with Crippen molar-refractivity contribution in [1.29, 1.82) is 0 Å². The summed E-state index contributed by atoms with van der Waals surface area (Å²) in [5, 5.41) is 19.7. The molecule has 2 aliphatic heterocycles. The molecule has 248 valence electrons. The molecule has 1 aromatic heterocycles. The maximum absolute atomic E-state index is 13.9. The van der Waals surface area contributed by atoms with Crippen LogP contribution in [-0.2, 0) is 27.7 Å². The summed E-state index contributed by atoms with van der Waals surface area (Å²) >= 11 is 0. The number of anilines is 2. The van der Waals surface area contributed by atoms with Crippen LogP contribution < -0.4 is 15.4 Å². The fraction of sp³-hybridized carbons (Fsp3) is 0.433. The summed E-state index contributed by atoms with van der Waals surface area (Å²) in [4.78, 5) is 27.4. The monoisotopic (exact) mass is 662 g/mol. The van der Waals surface area contributed by atoms with Gasteiger partial charge in [-0.3, -0.25) is 9.69 Å². The first-order valence-corrected chi connectivity index (χ1v) is 16.3. The van der Waals surface area contributed by atoms with Crippen LogP contribution in [0.5, 0.6) is 5.75 Å². The molecule has 13 nitrogen and oxygen atoms in total. The van der Waals surface area contributed by atoms with Crippen molar-refractivity contribution in [2.75, 3.05) is 57.1 Å². The van der Waals surface area contributed by atoms with E-state index in [9.17, 15) is 31.9 Å². The van der Waals surface area contributed by atoms with Crippen LogP contribution in [0.1, 0.15) is 41.4 Å². The van der Waals surface area contributed by atoms with Gasteiger partial charge in [-0.2, -0.15) is 8.99 Å². The number of nitrogens with one attached hydrogen (secondary N) is 2. The van der Waals surface area contributed by atoms with Gasteiger partial charge in [-0.15, -0.1) is 5.10 Å². The second kappa shape index (κ2) is 14.1. The number of benzene rings is 2. The summed E-state index contributed by atoms with van der Waals surface area (Å²) in [5.41, 5.74) is 0.966. The van der Waals surface area contributed by atoms with Crippen molar-refractivity contribution in [3.8, 4) is 5.75 Å². The molecule has 1 fully saturated rings. The van der Waals surface area contributed by atoms with Crippen molar-refractivity contribution in [2.24, 2.45) is 0 Å². The molecule has 5 rings (SSSR count). The number of carboxylic acid groups (broad SMARTS) is 1. The summed E-state index contributed by atoms with van der Waals surface area (Å²) in [6.45, 7) is 4.98. The van der Waals surface area contributed by atoms with Crippen LogP contribution in [0.15, 0.2) is 41.3 Å². The van der Waals surface area contributed by atoms with Gasteiger partial charge in [-0.1, -0.05) is 0 Å². The molecule has 3 heterocycles. The first-order chi connectivity index (χ1) is 22.0. The molecular formula is C30H36F2N6O7S. The Morgan fingerprint density at radius 3 is 2.48 bits per heavy atom. The van der Waals surface area contributed by atoms with Crippen molar-refractivity contribution in [3.05, 3.63) is 64.9 Å². The molecule has 0 bridgehead atoms. The van der Waals surface area contributed by atoms with E-state index >= 15 is 0 Å². The zero-order valence-corrected chi connectivity index (χ0v) is 26.3. The van der Waals surface area contributed by atoms with E-state index in [2.05, 4.69) is 20.6 Å². The molecule has 46 heavy (non-hydrogen) atoms. The van der Waals surface area contributed by atoms with Crippen molar-refractivity contribution >= 4 is 33.5 Å². The third-order valence-corrected chi connectivity index (χ3v) is 9.66. The SMILES string of the molecule is COC[C@@H](C)Nc1cc(OCCN2CCCC2)ccc1C(=O)Nc1nn(C(=O)O)c2c1CN(S(=O)(=O)c1cc(F)cc(F)c1)CC2. The summed E-state index contributed by atoms with van der Waals surface area (Å²) in [6.07, 6.45) is 0.840. The highest BCUT2D eigenvalue weighted by Crippen LogP contribution is 2.32. The molecule has 3 aromatic rings. The van der Waals surface area contributed by atoms with Crippen molar-refractivity contribution < 1.29 is 41.4 Å². The van der Waals surface area contributed by atoms with Gasteiger partial charge in [0.1, 0.15) is 24.0 Å². The number of aromatic nitrogens is 2. The molecule has 1 atom stereocenters. The lowest BCUT2D eigenvalue weighted by atomic mass is 10.1. The standard InChI is InChI=1S/C30H36F2N6O7S/c1-19(18-44-2)33-26-16-22(45-12-11-36-8-3-4-9-36)5-6-24(26)29(39)34-28-25-17-37(10-7-27(25)38(35-28)30(40)41)46(42,43)23-14-20(31)13-21(32)15-23/h5-6,13-16,19,33H,3-4,7-12,17-18H2,1-2H3,(H,40,41)(H,34,35,39)/t19-/m1/s1. The number of methoxy groups -OCH3 is 1. The van der Waals surface area contributed by atoms with Crippen LogP contribution in [0, 0.1) is 11.6 Å². The smallest absolute Gasteiger partial charge is 0.432 e. The Bertz CT molecular complexity index is 1690. The summed E-state index contributed by atoms with van der Waals surface area (Å²) in [6, 6.07) is 6.70. The first-order valence-electron chi connectivity index (χ1n) is 14.8. The summed E-state index contributed by atoms with van der Waals surface area (Å²) in [7, 11) is -2.83. The molecule has 3 N–H and O–H groups in total. The van der Waals surface area contributed by atoms with Gasteiger partial charge in [0, 0.05) is 56.9 Å². The highest BCUT2D eigenvalue weighted by atomic mass is 32.2. The first kappa shape index (κ1) is 33.2. The lowest BCUT2D eigenvalue weighted by Gasteiger charge is -2.27. The molecule has 16 heteroatoms. The van der Waals surface area contributed by atoms with Crippen LogP contribution in [0.4, 0.5) is 25.1 Å². The van der Waals surface area contributed by atoms with E-state index in [4.69, 9.17) is 9.47 Å². The molecule has 2 aliphatic rings. The van der Waals surface area contributed by atoms with Gasteiger partial charge in [0.2, 0.25) is 10.0 Å². The largest absolute Gasteiger partial charge is 0.492 e. The normalized spacial score (nSPS) is 16.2. The Balaban J connectivity index is 1.40. The van der Waals surface area contributed by atoms with Crippen LogP contribution in [0.25, 0.3) is 0 Å². The van der Waals surface area contributed by atoms with Gasteiger partial charge >= 0.3 is 6.09 Å². The second-order valence-electron chi connectivity index (χ2n) is 11.2.